The van der Waals surface area contributed by atoms with Crippen LogP contribution in [0.25, 0.3) is 0 Å². The summed E-state index contributed by atoms with van der Waals surface area (Å²) in [5, 5.41) is 3.86. The molecule has 0 radical (unpaired) electrons. The third-order valence-electron chi connectivity index (χ3n) is 5.51. The van der Waals surface area contributed by atoms with Crippen molar-refractivity contribution in [3.8, 4) is 0 Å². The number of anilines is 1. The van der Waals surface area contributed by atoms with Gasteiger partial charge in [-0.15, -0.1) is 0 Å². The summed E-state index contributed by atoms with van der Waals surface area (Å²) >= 11 is 0. The Hall–Kier alpha value is -1.86. The number of quaternary nitrogens is 1. The highest BCUT2D eigenvalue weighted by Gasteiger charge is 2.49. The van der Waals surface area contributed by atoms with Crippen molar-refractivity contribution in [3.05, 3.63) is 40.8 Å². The van der Waals surface area contributed by atoms with E-state index in [1.165, 1.54) is 4.90 Å². The molecule has 3 heterocycles. The van der Waals surface area contributed by atoms with Gasteiger partial charge < -0.3 is 9.42 Å². The van der Waals surface area contributed by atoms with Crippen molar-refractivity contribution in [3.63, 3.8) is 0 Å². The van der Waals surface area contributed by atoms with Crippen molar-refractivity contribution in [1.29, 1.82) is 0 Å². The second kappa shape index (κ2) is 5.57. The van der Waals surface area contributed by atoms with Gasteiger partial charge in [0.1, 0.15) is 5.69 Å². The molecule has 0 spiro atoms. The summed E-state index contributed by atoms with van der Waals surface area (Å²) in [6.07, 6.45) is 0.854. The Morgan fingerprint density at radius 2 is 2.04 bits per heavy atom. The van der Waals surface area contributed by atoms with Crippen LogP contribution in [0.4, 0.5) is 5.69 Å². The molecule has 1 unspecified atom stereocenters. The summed E-state index contributed by atoms with van der Waals surface area (Å²) in [5.74, 6) is 0.590. The average molecular weight is 362 g/mol. The van der Waals surface area contributed by atoms with Gasteiger partial charge in [-0.05, 0) is 32.4 Å². The maximum absolute atomic E-state index is 13.5. The molecule has 1 aromatic heterocycles. The van der Waals surface area contributed by atoms with E-state index in [2.05, 4.69) is 25.2 Å². The largest absolute Gasteiger partial charge is 0.360 e. The Kier molecular flexibility index (Phi) is 3.70. The molecule has 1 fully saturated rings. The van der Waals surface area contributed by atoms with Crippen molar-refractivity contribution in [2.24, 2.45) is 0 Å². The van der Waals surface area contributed by atoms with Gasteiger partial charge in [-0.1, -0.05) is 22.9 Å². The van der Waals surface area contributed by atoms with Gasteiger partial charge in [0.25, 0.3) is 10.0 Å². The minimum atomic E-state index is -3.70. The number of aromatic nitrogens is 1. The monoisotopic (exact) mass is 362 g/mol. The van der Waals surface area contributed by atoms with Gasteiger partial charge in [-0.2, -0.15) is 0 Å². The lowest BCUT2D eigenvalue weighted by atomic mass is 9.89. The van der Waals surface area contributed by atoms with Crippen LogP contribution in [0.5, 0.6) is 0 Å². The molecular weight excluding hydrogens is 338 g/mol. The van der Waals surface area contributed by atoms with Crippen LogP contribution < -0.4 is 9.21 Å². The van der Waals surface area contributed by atoms with Crippen molar-refractivity contribution in [2.45, 2.75) is 44.0 Å². The maximum atomic E-state index is 13.5. The lowest BCUT2D eigenvalue weighted by molar-refractivity contribution is -0.886. The fourth-order valence-electron chi connectivity index (χ4n) is 4.41. The standard InChI is InChI=1S/C18H23N3O3S/c1-11-5-6-16-14(9-11)15-10-20(4)8-7-17(15)21(16)25(22,23)18-12(2)19-24-13(18)3/h5-6,9,15,17H,7-8,10H2,1-4H3/p+1/t15-,17-/m0/s1. The van der Waals surface area contributed by atoms with Gasteiger partial charge in [-0.3, -0.25) is 4.31 Å². The van der Waals surface area contributed by atoms with E-state index in [0.29, 0.717) is 11.5 Å². The first-order valence-corrected chi connectivity index (χ1v) is 10.1. The van der Waals surface area contributed by atoms with Crippen LogP contribution in [0.3, 0.4) is 0 Å². The molecule has 2 aliphatic heterocycles. The number of aryl methyl sites for hydroxylation is 3. The average Bonchev–Trinajstić information content (AvgIpc) is 3.05. The number of likely N-dealkylation sites (tertiary alicyclic amines) is 1. The van der Waals surface area contributed by atoms with E-state index >= 15 is 0 Å². The molecule has 4 rings (SSSR count). The van der Waals surface area contributed by atoms with E-state index in [0.717, 1.165) is 36.3 Å². The van der Waals surface area contributed by atoms with Gasteiger partial charge in [-0.25, -0.2) is 8.42 Å². The fraction of sp³-hybridized carbons (Fsp3) is 0.500. The minimum Gasteiger partial charge on any atom is -0.360 e. The Labute approximate surface area is 148 Å². The van der Waals surface area contributed by atoms with E-state index in [1.807, 2.05) is 12.1 Å². The zero-order valence-electron chi connectivity index (χ0n) is 15.0. The number of likely N-dealkylation sites (N-methyl/N-ethyl adjacent to an activating group) is 1. The Balaban J connectivity index is 1.90. The van der Waals surface area contributed by atoms with Crippen LogP contribution in [0.2, 0.25) is 0 Å². The Bertz CT molecular complexity index is 916. The van der Waals surface area contributed by atoms with Gasteiger partial charge >= 0.3 is 0 Å². The molecule has 0 aliphatic carbocycles. The topological polar surface area (TPSA) is 67.8 Å². The smallest absolute Gasteiger partial charge is 0.270 e. The van der Waals surface area contributed by atoms with Gasteiger partial charge in [0, 0.05) is 6.42 Å². The third-order valence-corrected chi connectivity index (χ3v) is 7.59. The molecule has 2 aliphatic rings. The van der Waals surface area contributed by atoms with Gasteiger partial charge in [0.05, 0.1) is 37.8 Å². The van der Waals surface area contributed by atoms with Crippen LogP contribution in [-0.2, 0) is 10.0 Å². The van der Waals surface area contributed by atoms with Gasteiger partial charge in [0.15, 0.2) is 10.7 Å². The highest BCUT2D eigenvalue weighted by molar-refractivity contribution is 7.93. The number of nitrogens with zero attached hydrogens (tertiary/aromatic N) is 2. The molecular formula is C18H24N3O3S+. The summed E-state index contributed by atoms with van der Waals surface area (Å²) in [4.78, 5) is 1.66. The lowest BCUT2D eigenvalue weighted by Gasteiger charge is -2.34. The summed E-state index contributed by atoms with van der Waals surface area (Å²) in [6, 6.07) is 6.06. The number of hydrogen-bond donors (Lipinski definition) is 1. The zero-order chi connectivity index (χ0) is 17.9. The van der Waals surface area contributed by atoms with Crippen molar-refractivity contribution >= 4 is 15.7 Å². The predicted molar refractivity (Wildman–Crippen MR) is 94.6 cm³/mol. The fourth-order valence-corrected chi connectivity index (χ4v) is 6.45. The molecule has 25 heavy (non-hydrogen) atoms. The molecule has 1 aromatic carbocycles. The molecule has 6 nitrogen and oxygen atoms in total. The first-order valence-electron chi connectivity index (χ1n) is 8.70. The van der Waals surface area contributed by atoms with Crippen molar-refractivity contribution in [1.82, 2.24) is 5.16 Å². The predicted octanol–water partition coefficient (Wildman–Crippen LogP) is 1.18. The Morgan fingerprint density at radius 1 is 1.28 bits per heavy atom. The molecule has 2 aromatic rings. The minimum absolute atomic E-state index is 0.0285. The molecule has 0 saturated carbocycles. The first-order chi connectivity index (χ1) is 11.8. The molecule has 134 valence electrons. The molecule has 3 atom stereocenters. The van der Waals surface area contributed by atoms with Crippen LogP contribution in [0, 0.1) is 20.8 Å². The summed E-state index contributed by atoms with van der Waals surface area (Å²) in [5.41, 5.74) is 3.56. The number of hydrogen-bond acceptors (Lipinski definition) is 4. The lowest BCUT2D eigenvalue weighted by Crippen LogP contribution is -3.11. The normalized spacial score (nSPS) is 25.8. The van der Waals surface area contributed by atoms with Crippen molar-refractivity contribution in [2.75, 3.05) is 24.4 Å². The molecule has 1 saturated heterocycles. The SMILES string of the molecule is Cc1ccc2c(c1)[C@@H]1C[NH+](C)CC[C@@H]1N2S(=O)(=O)c1c(C)noc1C. The first kappa shape index (κ1) is 16.6. The number of fused-ring (bicyclic) bond motifs is 3. The van der Waals surface area contributed by atoms with Crippen LogP contribution in [0.15, 0.2) is 27.6 Å². The molecule has 1 N–H and O–H groups in total. The highest BCUT2D eigenvalue weighted by atomic mass is 32.2. The van der Waals surface area contributed by atoms with Gasteiger partial charge in [0.2, 0.25) is 0 Å². The number of nitrogens with one attached hydrogen (secondary N) is 1. The summed E-state index contributed by atoms with van der Waals surface area (Å²) < 4.78 is 33.9. The quantitative estimate of drug-likeness (QED) is 0.871. The third kappa shape index (κ3) is 2.40. The second-order valence-electron chi connectivity index (χ2n) is 7.39. The number of piperidine rings is 1. The second-order valence-corrected chi connectivity index (χ2v) is 9.14. The number of benzene rings is 1. The van der Waals surface area contributed by atoms with E-state index in [-0.39, 0.29) is 16.9 Å². The van der Waals surface area contributed by atoms with Crippen LogP contribution >= 0.6 is 0 Å². The van der Waals surface area contributed by atoms with E-state index in [9.17, 15) is 8.42 Å². The molecule has 0 amide bonds. The van der Waals surface area contributed by atoms with Crippen LogP contribution in [0.1, 0.15) is 34.9 Å². The summed E-state index contributed by atoms with van der Waals surface area (Å²) in [7, 11) is -1.53. The summed E-state index contributed by atoms with van der Waals surface area (Å²) in [6.45, 7) is 7.33. The van der Waals surface area contributed by atoms with E-state index in [4.69, 9.17) is 4.52 Å². The van der Waals surface area contributed by atoms with Crippen LogP contribution in [-0.4, -0.2) is 39.8 Å². The Morgan fingerprint density at radius 3 is 2.72 bits per heavy atom. The highest BCUT2D eigenvalue weighted by Crippen LogP contribution is 2.46. The molecule has 7 heteroatoms. The van der Waals surface area contributed by atoms with E-state index in [1.54, 1.807) is 18.2 Å². The zero-order valence-corrected chi connectivity index (χ0v) is 15.9. The number of sulfonamides is 1. The molecule has 0 bridgehead atoms. The van der Waals surface area contributed by atoms with E-state index < -0.39 is 10.0 Å². The number of rotatable bonds is 2. The maximum Gasteiger partial charge on any atom is 0.270 e. The van der Waals surface area contributed by atoms with Crippen molar-refractivity contribution < 1.29 is 17.8 Å².